The quantitative estimate of drug-likeness (QED) is 0.828. The maximum Gasteiger partial charge on any atom is 0.146 e. The van der Waals surface area contributed by atoms with Gasteiger partial charge in [0.2, 0.25) is 0 Å². The Bertz CT molecular complexity index is 550. The van der Waals surface area contributed by atoms with Gasteiger partial charge in [-0.3, -0.25) is 0 Å². The Kier molecular flexibility index (Phi) is 5.76. The lowest BCUT2D eigenvalue weighted by molar-refractivity contribution is 0.617. The molecular weight excluding hydrogens is 263 g/mol. The number of nitrogens with zero attached hydrogens (tertiary/aromatic N) is 1. The van der Waals surface area contributed by atoms with Crippen LogP contribution in [0.15, 0.2) is 48.5 Å². The molecule has 0 bridgehead atoms. The molecule has 0 heterocycles. The van der Waals surface area contributed by atoms with Crippen LogP contribution in [0.2, 0.25) is 0 Å². The highest BCUT2D eigenvalue weighted by Crippen LogP contribution is 2.20. The van der Waals surface area contributed by atoms with Crippen LogP contribution in [0, 0.1) is 5.82 Å². The van der Waals surface area contributed by atoms with Crippen molar-refractivity contribution in [3.8, 4) is 0 Å². The molecule has 3 heteroatoms. The van der Waals surface area contributed by atoms with Crippen LogP contribution in [-0.2, 0) is 13.1 Å². The van der Waals surface area contributed by atoms with Gasteiger partial charge in [-0.05, 0) is 37.1 Å². The van der Waals surface area contributed by atoms with Gasteiger partial charge in [-0.15, -0.1) is 0 Å². The highest BCUT2D eigenvalue weighted by molar-refractivity contribution is 5.49. The molecule has 0 unspecified atom stereocenters. The van der Waals surface area contributed by atoms with E-state index < -0.39 is 0 Å². The Morgan fingerprint density at radius 2 is 1.57 bits per heavy atom. The number of nitrogens with one attached hydrogen (secondary N) is 1. The average Bonchev–Trinajstić information content (AvgIpc) is 2.52. The van der Waals surface area contributed by atoms with Crippen molar-refractivity contribution in [1.29, 1.82) is 0 Å². The molecule has 0 aliphatic heterocycles. The molecule has 0 atom stereocenters. The second kappa shape index (κ2) is 7.79. The topological polar surface area (TPSA) is 15.3 Å². The van der Waals surface area contributed by atoms with Crippen molar-refractivity contribution in [1.82, 2.24) is 5.32 Å². The first-order valence-corrected chi connectivity index (χ1v) is 7.52. The molecule has 0 aliphatic carbocycles. The number of halogens is 1. The van der Waals surface area contributed by atoms with Crippen molar-refractivity contribution in [3.05, 3.63) is 65.5 Å². The van der Waals surface area contributed by atoms with Crippen molar-refractivity contribution in [2.45, 2.75) is 26.9 Å². The standard InChI is InChI=1S/C18H23FN2/c1-3-21(4-2)18-12-16(10-11-17(18)19)14-20-13-15-8-6-5-7-9-15/h5-12,20H,3-4,13-14H2,1-2H3. The molecule has 0 saturated carbocycles. The first-order chi connectivity index (χ1) is 10.2. The summed E-state index contributed by atoms with van der Waals surface area (Å²) in [6.45, 7) is 7.28. The number of hydrogen-bond donors (Lipinski definition) is 1. The zero-order valence-corrected chi connectivity index (χ0v) is 12.8. The highest BCUT2D eigenvalue weighted by atomic mass is 19.1. The SMILES string of the molecule is CCN(CC)c1cc(CNCc2ccccc2)ccc1F. The second-order valence-corrected chi connectivity index (χ2v) is 5.05. The van der Waals surface area contributed by atoms with Crippen molar-refractivity contribution in [2.24, 2.45) is 0 Å². The lowest BCUT2D eigenvalue weighted by Gasteiger charge is -2.22. The molecule has 0 saturated heterocycles. The molecule has 0 fully saturated rings. The summed E-state index contributed by atoms with van der Waals surface area (Å²) >= 11 is 0. The summed E-state index contributed by atoms with van der Waals surface area (Å²) < 4.78 is 13.9. The summed E-state index contributed by atoms with van der Waals surface area (Å²) in [7, 11) is 0. The third-order valence-electron chi connectivity index (χ3n) is 3.62. The molecule has 0 aromatic heterocycles. The Labute approximate surface area is 126 Å². The summed E-state index contributed by atoms with van der Waals surface area (Å²) in [4.78, 5) is 2.04. The molecule has 2 nitrogen and oxygen atoms in total. The zero-order valence-electron chi connectivity index (χ0n) is 12.8. The van der Waals surface area contributed by atoms with Crippen LogP contribution < -0.4 is 10.2 Å². The maximum atomic E-state index is 13.9. The number of rotatable bonds is 7. The van der Waals surface area contributed by atoms with E-state index in [2.05, 4.69) is 17.4 Å². The van der Waals surface area contributed by atoms with Crippen molar-refractivity contribution < 1.29 is 4.39 Å². The molecule has 2 rings (SSSR count). The van der Waals surface area contributed by atoms with E-state index in [9.17, 15) is 4.39 Å². The monoisotopic (exact) mass is 286 g/mol. The smallest absolute Gasteiger partial charge is 0.146 e. The minimum absolute atomic E-state index is 0.148. The van der Waals surface area contributed by atoms with Crippen LogP contribution in [0.1, 0.15) is 25.0 Å². The van der Waals surface area contributed by atoms with Gasteiger partial charge in [-0.25, -0.2) is 4.39 Å². The summed E-state index contributed by atoms with van der Waals surface area (Å²) in [5.74, 6) is -0.148. The molecule has 0 radical (unpaired) electrons. The van der Waals surface area contributed by atoms with Crippen LogP contribution in [0.3, 0.4) is 0 Å². The summed E-state index contributed by atoms with van der Waals surface area (Å²) in [6, 6.07) is 15.6. The maximum absolute atomic E-state index is 13.9. The first-order valence-electron chi connectivity index (χ1n) is 7.52. The largest absolute Gasteiger partial charge is 0.370 e. The molecular formula is C18H23FN2. The van der Waals surface area contributed by atoms with E-state index in [0.29, 0.717) is 5.69 Å². The summed E-state index contributed by atoms with van der Waals surface area (Å²) in [6.07, 6.45) is 0. The van der Waals surface area contributed by atoms with Gasteiger partial charge < -0.3 is 10.2 Å². The Morgan fingerprint density at radius 1 is 0.905 bits per heavy atom. The molecule has 2 aromatic rings. The van der Waals surface area contributed by atoms with Gasteiger partial charge in [0, 0.05) is 26.2 Å². The number of hydrogen-bond acceptors (Lipinski definition) is 2. The van der Waals surface area contributed by atoms with Gasteiger partial charge in [-0.2, -0.15) is 0 Å². The van der Waals surface area contributed by atoms with Gasteiger partial charge in [0.05, 0.1) is 5.69 Å². The lowest BCUT2D eigenvalue weighted by atomic mass is 10.1. The van der Waals surface area contributed by atoms with E-state index in [1.54, 1.807) is 6.07 Å². The second-order valence-electron chi connectivity index (χ2n) is 5.05. The molecule has 0 spiro atoms. The fourth-order valence-electron chi connectivity index (χ4n) is 2.42. The van der Waals surface area contributed by atoms with Gasteiger partial charge >= 0.3 is 0 Å². The van der Waals surface area contributed by atoms with Crippen LogP contribution >= 0.6 is 0 Å². The minimum Gasteiger partial charge on any atom is -0.370 e. The summed E-state index contributed by atoms with van der Waals surface area (Å²) in [5, 5.41) is 3.40. The lowest BCUT2D eigenvalue weighted by Crippen LogP contribution is -2.23. The van der Waals surface area contributed by atoms with Crippen molar-refractivity contribution in [2.75, 3.05) is 18.0 Å². The number of anilines is 1. The Morgan fingerprint density at radius 3 is 2.24 bits per heavy atom. The third-order valence-corrected chi connectivity index (χ3v) is 3.62. The van der Waals surface area contributed by atoms with E-state index in [1.807, 2.05) is 49.1 Å². The Hall–Kier alpha value is -1.87. The van der Waals surface area contributed by atoms with E-state index >= 15 is 0 Å². The van der Waals surface area contributed by atoms with Gasteiger partial charge in [0.25, 0.3) is 0 Å². The minimum atomic E-state index is -0.148. The fourth-order valence-corrected chi connectivity index (χ4v) is 2.42. The normalized spacial score (nSPS) is 10.6. The highest BCUT2D eigenvalue weighted by Gasteiger charge is 2.09. The molecule has 0 amide bonds. The zero-order chi connectivity index (χ0) is 15.1. The predicted octanol–water partition coefficient (Wildman–Crippen LogP) is 3.96. The van der Waals surface area contributed by atoms with E-state index in [0.717, 1.165) is 31.7 Å². The molecule has 112 valence electrons. The molecule has 21 heavy (non-hydrogen) atoms. The first kappa shape index (κ1) is 15.5. The average molecular weight is 286 g/mol. The van der Waals surface area contributed by atoms with E-state index in [1.165, 1.54) is 5.56 Å². The van der Waals surface area contributed by atoms with Crippen molar-refractivity contribution in [3.63, 3.8) is 0 Å². The predicted molar refractivity (Wildman–Crippen MR) is 86.9 cm³/mol. The van der Waals surface area contributed by atoms with E-state index in [4.69, 9.17) is 0 Å². The van der Waals surface area contributed by atoms with Crippen molar-refractivity contribution >= 4 is 5.69 Å². The molecule has 1 N–H and O–H groups in total. The van der Waals surface area contributed by atoms with Crippen LogP contribution in [0.25, 0.3) is 0 Å². The Balaban J connectivity index is 1.99. The molecule has 0 aliphatic rings. The van der Waals surface area contributed by atoms with Crippen LogP contribution in [-0.4, -0.2) is 13.1 Å². The molecule has 2 aromatic carbocycles. The van der Waals surface area contributed by atoms with Crippen LogP contribution in [0.4, 0.5) is 10.1 Å². The third kappa shape index (κ3) is 4.30. The fraction of sp³-hybridized carbons (Fsp3) is 0.333. The van der Waals surface area contributed by atoms with Crippen LogP contribution in [0.5, 0.6) is 0 Å². The summed E-state index contributed by atoms with van der Waals surface area (Å²) in [5.41, 5.74) is 3.05. The van der Waals surface area contributed by atoms with Gasteiger partial charge in [0.1, 0.15) is 5.82 Å². The van der Waals surface area contributed by atoms with Gasteiger partial charge in [0.15, 0.2) is 0 Å². The van der Waals surface area contributed by atoms with E-state index in [-0.39, 0.29) is 5.82 Å². The van der Waals surface area contributed by atoms with Gasteiger partial charge in [-0.1, -0.05) is 36.4 Å². The number of benzene rings is 2.